The number of carbonyl (C=O) groups excluding carboxylic acids is 1. The third kappa shape index (κ3) is 3.50. The highest BCUT2D eigenvalue weighted by Gasteiger charge is 2.13. The summed E-state index contributed by atoms with van der Waals surface area (Å²) in [6.07, 6.45) is 6.92. The Hall–Kier alpha value is -3.39. The van der Waals surface area contributed by atoms with Gasteiger partial charge in [-0.3, -0.25) is 4.79 Å². The van der Waals surface area contributed by atoms with Gasteiger partial charge < -0.3 is 5.32 Å². The molecule has 0 radical (unpaired) electrons. The summed E-state index contributed by atoms with van der Waals surface area (Å²) in [5.41, 5.74) is 2.23. The molecule has 0 atom stereocenters. The SMILES string of the molecule is O=C(NCc1cnn(-c2ccccc2)c1)c1csc(-c2ncccn2)n1. The Morgan fingerprint density at radius 3 is 2.73 bits per heavy atom. The van der Waals surface area contributed by atoms with Crippen LogP contribution in [0.5, 0.6) is 0 Å². The van der Waals surface area contributed by atoms with Gasteiger partial charge in [0.25, 0.3) is 5.91 Å². The van der Waals surface area contributed by atoms with Gasteiger partial charge in [-0.15, -0.1) is 11.3 Å². The Morgan fingerprint density at radius 2 is 1.92 bits per heavy atom. The van der Waals surface area contributed by atoms with Gasteiger partial charge in [-0.05, 0) is 18.2 Å². The van der Waals surface area contributed by atoms with Crippen molar-refractivity contribution in [3.05, 3.63) is 77.8 Å². The lowest BCUT2D eigenvalue weighted by Gasteiger charge is -2.01. The number of para-hydroxylation sites is 1. The van der Waals surface area contributed by atoms with Crippen LogP contribution in [0.15, 0.2) is 66.6 Å². The van der Waals surface area contributed by atoms with Gasteiger partial charge >= 0.3 is 0 Å². The molecule has 4 aromatic rings. The molecule has 0 saturated heterocycles. The lowest BCUT2D eigenvalue weighted by Crippen LogP contribution is -2.22. The summed E-state index contributed by atoms with van der Waals surface area (Å²) in [5, 5.41) is 9.49. The number of amides is 1. The highest BCUT2D eigenvalue weighted by molar-refractivity contribution is 7.13. The standard InChI is InChI=1S/C18H14N6OS/c25-17(15-12-26-18(23-15)16-19-7-4-8-20-16)21-9-13-10-22-24(11-13)14-5-2-1-3-6-14/h1-8,10-12H,9H2,(H,21,25). The van der Waals surface area contributed by atoms with Crippen molar-refractivity contribution in [2.24, 2.45) is 0 Å². The minimum atomic E-state index is -0.240. The molecule has 0 unspecified atom stereocenters. The largest absolute Gasteiger partial charge is 0.346 e. The first-order valence-electron chi connectivity index (χ1n) is 7.90. The normalized spacial score (nSPS) is 10.6. The molecule has 3 aromatic heterocycles. The lowest BCUT2D eigenvalue weighted by atomic mass is 10.3. The summed E-state index contributed by atoms with van der Waals surface area (Å²) in [6, 6.07) is 11.5. The number of benzene rings is 1. The molecule has 4 rings (SSSR count). The maximum Gasteiger partial charge on any atom is 0.271 e. The van der Waals surface area contributed by atoms with Gasteiger partial charge in [0.15, 0.2) is 10.8 Å². The van der Waals surface area contributed by atoms with Crippen molar-refractivity contribution in [1.82, 2.24) is 30.0 Å². The van der Waals surface area contributed by atoms with Gasteiger partial charge in [0, 0.05) is 36.1 Å². The third-order valence-electron chi connectivity index (χ3n) is 3.60. The van der Waals surface area contributed by atoms with E-state index in [2.05, 4.69) is 25.4 Å². The van der Waals surface area contributed by atoms with E-state index in [1.807, 2.05) is 36.5 Å². The summed E-state index contributed by atoms with van der Waals surface area (Å²) in [6.45, 7) is 0.375. The number of hydrogen-bond donors (Lipinski definition) is 1. The van der Waals surface area contributed by atoms with E-state index < -0.39 is 0 Å². The molecule has 1 N–H and O–H groups in total. The maximum absolute atomic E-state index is 12.3. The Bertz CT molecular complexity index is 1010. The van der Waals surface area contributed by atoms with E-state index >= 15 is 0 Å². The maximum atomic E-state index is 12.3. The van der Waals surface area contributed by atoms with Crippen LogP contribution in [0.2, 0.25) is 0 Å². The summed E-state index contributed by atoms with van der Waals surface area (Å²) in [7, 11) is 0. The zero-order chi connectivity index (χ0) is 17.8. The van der Waals surface area contributed by atoms with Crippen molar-refractivity contribution in [1.29, 1.82) is 0 Å². The third-order valence-corrected chi connectivity index (χ3v) is 4.44. The second kappa shape index (κ2) is 7.24. The average Bonchev–Trinajstić information content (AvgIpc) is 3.37. The Kier molecular flexibility index (Phi) is 4.48. The van der Waals surface area contributed by atoms with Crippen molar-refractivity contribution in [2.45, 2.75) is 6.54 Å². The topological polar surface area (TPSA) is 85.6 Å². The summed E-state index contributed by atoms with van der Waals surface area (Å²) in [5.74, 6) is 0.275. The number of thiazole rings is 1. The molecule has 0 fully saturated rings. The molecule has 7 nitrogen and oxygen atoms in total. The quantitative estimate of drug-likeness (QED) is 0.590. The smallest absolute Gasteiger partial charge is 0.271 e. The molecule has 128 valence electrons. The van der Waals surface area contributed by atoms with Crippen LogP contribution in [-0.2, 0) is 6.54 Å². The van der Waals surface area contributed by atoms with Crippen LogP contribution in [0.3, 0.4) is 0 Å². The minimum absolute atomic E-state index is 0.240. The van der Waals surface area contributed by atoms with Crippen molar-refractivity contribution in [2.75, 3.05) is 0 Å². The number of carbonyl (C=O) groups is 1. The van der Waals surface area contributed by atoms with Crippen molar-refractivity contribution >= 4 is 17.2 Å². The fraction of sp³-hybridized carbons (Fsp3) is 0.0556. The van der Waals surface area contributed by atoms with Gasteiger partial charge in [0.05, 0.1) is 11.9 Å². The predicted octanol–water partition coefficient (Wildman–Crippen LogP) is 2.72. The first kappa shape index (κ1) is 16.1. The molecule has 8 heteroatoms. The number of nitrogens with one attached hydrogen (secondary N) is 1. The molecule has 26 heavy (non-hydrogen) atoms. The van der Waals surface area contributed by atoms with E-state index in [4.69, 9.17) is 0 Å². The van der Waals surface area contributed by atoms with Gasteiger partial charge in [0.1, 0.15) is 5.69 Å². The van der Waals surface area contributed by atoms with Crippen LogP contribution in [0.1, 0.15) is 16.1 Å². The van der Waals surface area contributed by atoms with Crippen LogP contribution in [0.25, 0.3) is 16.5 Å². The first-order chi connectivity index (χ1) is 12.8. The van der Waals surface area contributed by atoms with Crippen LogP contribution >= 0.6 is 11.3 Å². The second-order valence-electron chi connectivity index (χ2n) is 5.42. The lowest BCUT2D eigenvalue weighted by molar-refractivity contribution is 0.0946. The van der Waals surface area contributed by atoms with Crippen LogP contribution < -0.4 is 5.32 Å². The zero-order valence-corrected chi connectivity index (χ0v) is 14.4. The van der Waals surface area contributed by atoms with Crippen LogP contribution in [0.4, 0.5) is 0 Å². The van der Waals surface area contributed by atoms with Crippen LogP contribution in [-0.4, -0.2) is 30.6 Å². The highest BCUT2D eigenvalue weighted by Crippen LogP contribution is 2.19. The minimum Gasteiger partial charge on any atom is -0.346 e. The fourth-order valence-electron chi connectivity index (χ4n) is 2.34. The van der Waals surface area contributed by atoms with Gasteiger partial charge in [-0.1, -0.05) is 18.2 Å². The van der Waals surface area contributed by atoms with E-state index in [0.29, 0.717) is 23.1 Å². The molecule has 0 aliphatic rings. The summed E-state index contributed by atoms with van der Waals surface area (Å²) >= 11 is 1.34. The molecule has 1 amide bonds. The molecule has 0 saturated carbocycles. The Labute approximate surface area is 153 Å². The van der Waals surface area contributed by atoms with E-state index in [1.165, 1.54) is 11.3 Å². The number of nitrogens with zero attached hydrogens (tertiary/aromatic N) is 5. The molecule has 0 bridgehead atoms. The molecule has 0 aliphatic heterocycles. The monoisotopic (exact) mass is 362 g/mol. The molecular weight excluding hydrogens is 348 g/mol. The number of hydrogen-bond acceptors (Lipinski definition) is 6. The van der Waals surface area contributed by atoms with Crippen molar-refractivity contribution < 1.29 is 4.79 Å². The molecule has 3 heterocycles. The zero-order valence-electron chi connectivity index (χ0n) is 13.6. The predicted molar refractivity (Wildman–Crippen MR) is 97.9 cm³/mol. The number of rotatable bonds is 5. The molecule has 0 aliphatic carbocycles. The molecule has 0 spiro atoms. The summed E-state index contributed by atoms with van der Waals surface area (Å²) < 4.78 is 1.77. The average molecular weight is 362 g/mol. The fourth-order valence-corrected chi connectivity index (χ4v) is 3.08. The highest BCUT2D eigenvalue weighted by atomic mass is 32.1. The first-order valence-corrected chi connectivity index (χ1v) is 8.77. The van der Waals surface area contributed by atoms with E-state index in [1.54, 1.807) is 34.7 Å². The van der Waals surface area contributed by atoms with E-state index in [-0.39, 0.29) is 5.91 Å². The van der Waals surface area contributed by atoms with Gasteiger partial charge in [-0.25, -0.2) is 19.6 Å². The Morgan fingerprint density at radius 1 is 1.12 bits per heavy atom. The molecular formula is C18H14N6OS. The van der Waals surface area contributed by atoms with E-state index in [0.717, 1.165) is 11.3 Å². The van der Waals surface area contributed by atoms with E-state index in [9.17, 15) is 4.79 Å². The van der Waals surface area contributed by atoms with Gasteiger partial charge in [0.2, 0.25) is 0 Å². The number of aromatic nitrogens is 5. The van der Waals surface area contributed by atoms with Crippen LogP contribution in [0, 0.1) is 0 Å². The Balaban J connectivity index is 1.40. The van der Waals surface area contributed by atoms with Crippen molar-refractivity contribution in [3.63, 3.8) is 0 Å². The van der Waals surface area contributed by atoms with Gasteiger partial charge in [-0.2, -0.15) is 5.10 Å². The summed E-state index contributed by atoms with van der Waals surface area (Å²) in [4.78, 5) is 24.9. The second-order valence-corrected chi connectivity index (χ2v) is 6.28. The molecule has 1 aromatic carbocycles. The van der Waals surface area contributed by atoms with Crippen molar-refractivity contribution in [3.8, 4) is 16.5 Å².